The van der Waals surface area contributed by atoms with Crippen LogP contribution in [0.25, 0.3) is 0 Å². The number of halogens is 3. The van der Waals surface area contributed by atoms with Crippen molar-refractivity contribution in [2.24, 2.45) is 0 Å². The molecule has 1 nitrogen and oxygen atoms in total. The minimum atomic E-state index is -0.522. The van der Waals surface area contributed by atoms with E-state index >= 15 is 0 Å². The van der Waals surface area contributed by atoms with Gasteiger partial charge in [0.05, 0.1) is 0 Å². The summed E-state index contributed by atoms with van der Waals surface area (Å²) in [4.78, 5) is 2.06. The second-order valence-electron chi connectivity index (χ2n) is 4.22. The fourth-order valence-corrected chi connectivity index (χ4v) is 2.07. The third-order valence-corrected chi connectivity index (χ3v) is 3.19. The molecule has 0 N–H and O–H groups in total. The third kappa shape index (κ3) is 5.59. The molecule has 0 heterocycles. The number of rotatable bonds is 7. The van der Waals surface area contributed by atoms with Gasteiger partial charge in [0.2, 0.25) is 0 Å². The van der Waals surface area contributed by atoms with Crippen molar-refractivity contribution in [3.05, 3.63) is 35.4 Å². The van der Waals surface area contributed by atoms with Crippen molar-refractivity contribution in [2.45, 2.75) is 25.8 Å². The molecule has 0 bridgehead atoms. The van der Waals surface area contributed by atoms with E-state index in [-0.39, 0.29) is 0 Å². The maximum absolute atomic E-state index is 13.4. The van der Waals surface area contributed by atoms with Crippen molar-refractivity contribution in [1.29, 1.82) is 0 Å². The molecule has 0 aliphatic heterocycles. The number of hydrogen-bond donors (Lipinski definition) is 0. The molecule has 1 aromatic carbocycles. The van der Waals surface area contributed by atoms with Crippen LogP contribution in [0, 0.1) is 11.6 Å². The maximum Gasteiger partial charge on any atom is 0.130 e. The van der Waals surface area contributed by atoms with E-state index in [0.717, 1.165) is 24.4 Å². The Morgan fingerprint density at radius 2 is 1.94 bits per heavy atom. The van der Waals surface area contributed by atoms with Crippen LogP contribution in [0.5, 0.6) is 0 Å². The summed E-state index contributed by atoms with van der Waals surface area (Å²) in [5, 5.41) is 1.03. The third-order valence-electron chi connectivity index (χ3n) is 2.63. The van der Waals surface area contributed by atoms with E-state index in [4.69, 9.17) is 0 Å². The molecule has 0 radical (unpaired) electrons. The van der Waals surface area contributed by atoms with Gasteiger partial charge in [-0.2, -0.15) is 0 Å². The second kappa shape index (κ2) is 7.77. The fraction of sp³-hybridized carbons (Fsp3) is 0.538. The van der Waals surface area contributed by atoms with Crippen LogP contribution in [0.15, 0.2) is 18.2 Å². The van der Waals surface area contributed by atoms with E-state index in [2.05, 4.69) is 20.8 Å². The van der Waals surface area contributed by atoms with E-state index < -0.39 is 11.6 Å². The Hall–Kier alpha value is -0.480. The first-order valence-corrected chi connectivity index (χ1v) is 6.94. The molecular formula is C13H18BrF2N. The largest absolute Gasteiger partial charge is 0.302 e. The van der Waals surface area contributed by atoms with Gasteiger partial charge in [-0.05, 0) is 32.5 Å². The van der Waals surface area contributed by atoms with Crippen LogP contribution in [-0.2, 0) is 6.54 Å². The molecule has 0 unspecified atom stereocenters. The monoisotopic (exact) mass is 305 g/mol. The summed E-state index contributed by atoms with van der Waals surface area (Å²) in [6.45, 7) is 1.46. The van der Waals surface area contributed by atoms with E-state index in [1.165, 1.54) is 25.0 Å². The van der Waals surface area contributed by atoms with Crippen LogP contribution in [0.2, 0.25) is 0 Å². The molecule has 1 rings (SSSR count). The van der Waals surface area contributed by atoms with Crippen molar-refractivity contribution in [3.63, 3.8) is 0 Å². The molecule has 1 aromatic rings. The molecule has 17 heavy (non-hydrogen) atoms. The first-order chi connectivity index (χ1) is 8.13. The lowest BCUT2D eigenvalue weighted by atomic mass is 10.2. The summed E-state index contributed by atoms with van der Waals surface area (Å²) in [5.41, 5.74) is 0.550. The van der Waals surface area contributed by atoms with Gasteiger partial charge >= 0.3 is 0 Å². The normalized spacial score (nSPS) is 11.1. The second-order valence-corrected chi connectivity index (χ2v) is 5.02. The zero-order valence-electron chi connectivity index (χ0n) is 10.1. The Balaban J connectivity index is 2.37. The Morgan fingerprint density at radius 3 is 2.59 bits per heavy atom. The highest BCUT2D eigenvalue weighted by Crippen LogP contribution is 2.12. The average molecular weight is 306 g/mol. The molecule has 0 aromatic heterocycles. The minimum Gasteiger partial charge on any atom is -0.302 e. The Morgan fingerprint density at radius 1 is 1.18 bits per heavy atom. The molecule has 4 heteroatoms. The fourth-order valence-electron chi connectivity index (χ4n) is 1.67. The van der Waals surface area contributed by atoms with Crippen molar-refractivity contribution < 1.29 is 8.78 Å². The van der Waals surface area contributed by atoms with Crippen LogP contribution in [-0.4, -0.2) is 23.8 Å². The first kappa shape index (κ1) is 14.6. The van der Waals surface area contributed by atoms with E-state index in [1.54, 1.807) is 0 Å². The summed E-state index contributed by atoms with van der Waals surface area (Å²) in [7, 11) is 1.96. The van der Waals surface area contributed by atoms with E-state index in [1.807, 2.05) is 7.05 Å². The summed E-state index contributed by atoms with van der Waals surface area (Å²) < 4.78 is 26.1. The highest BCUT2D eigenvalue weighted by atomic mass is 79.9. The summed E-state index contributed by atoms with van der Waals surface area (Å²) >= 11 is 3.39. The molecule has 0 saturated heterocycles. The zero-order valence-corrected chi connectivity index (χ0v) is 11.6. The van der Waals surface area contributed by atoms with Gasteiger partial charge in [0, 0.05) is 23.5 Å². The predicted molar refractivity (Wildman–Crippen MR) is 70.3 cm³/mol. The molecule has 0 fully saturated rings. The lowest BCUT2D eigenvalue weighted by Gasteiger charge is -2.16. The van der Waals surface area contributed by atoms with Crippen LogP contribution < -0.4 is 0 Å². The lowest BCUT2D eigenvalue weighted by Crippen LogP contribution is -2.19. The molecule has 0 aliphatic carbocycles. The van der Waals surface area contributed by atoms with E-state index in [9.17, 15) is 8.78 Å². The quantitative estimate of drug-likeness (QED) is 0.544. The lowest BCUT2D eigenvalue weighted by molar-refractivity contribution is 0.313. The van der Waals surface area contributed by atoms with Gasteiger partial charge in [0.25, 0.3) is 0 Å². The van der Waals surface area contributed by atoms with Gasteiger partial charge in [-0.3, -0.25) is 0 Å². The highest BCUT2D eigenvalue weighted by molar-refractivity contribution is 9.09. The predicted octanol–water partition coefficient (Wildman–Crippen LogP) is 3.96. The van der Waals surface area contributed by atoms with Gasteiger partial charge < -0.3 is 4.90 Å². The summed E-state index contributed by atoms with van der Waals surface area (Å²) in [6.07, 6.45) is 3.44. The Labute approximate surface area is 110 Å². The Bertz CT molecular complexity index is 344. The average Bonchev–Trinajstić information content (AvgIpc) is 2.28. The van der Waals surface area contributed by atoms with Gasteiger partial charge in [-0.1, -0.05) is 28.4 Å². The minimum absolute atomic E-state index is 0.461. The first-order valence-electron chi connectivity index (χ1n) is 5.82. The number of alkyl halides is 1. The van der Waals surface area contributed by atoms with Crippen LogP contribution in [0.1, 0.15) is 24.8 Å². The van der Waals surface area contributed by atoms with Gasteiger partial charge in [-0.25, -0.2) is 8.78 Å². The molecule has 0 atom stereocenters. The van der Waals surface area contributed by atoms with Crippen molar-refractivity contribution in [2.75, 3.05) is 18.9 Å². The van der Waals surface area contributed by atoms with E-state index in [0.29, 0.717) is 12.1 Å². The highest BCUT2D eigenvalue weighted by Gasteiger charge is 2.06. The van der Waals surface area contributed by atoms with Crippen LogP contribution in [0.3, 0.4) is 0 Å². The zero-order chi connectivity index (χ0) is 12.7. The molecule has 0 aliphatic rings. The summed E-state index contributed by atoms with van der Waals surface area (Å²) in [5.74, 6) is -0.983. The van der Waals surface area contributed by atoms with Gasteiger partial charge in [0.1, 0.15) is 11.6 Å². The van der Waals surface area contributed by atoms with Crippen molar-refractivity contribution in [1.82, 2.24) is 4.90 Å². The van der Waals surface area contributed by atoms with Crippen molar-refractivity contribution in [3.8, 4) is 0 Å². The number of nitrogens with zero attached hydrogens (tertiary/aromatic N) is 1. The van der Waals surface area contributed by atoms with Crippen molar-refractivity contribution >= 4 is 15.9 Å². The van der Waals surface area contributed by atoms with Crippen LogP contribution >= 0.6 is 15.9 Å². The molecule has 96 valence electrons. The van der Waals surface area contributed by atoms with Crippen LogP contribution in [0.4, 0.5) is 8.78 Å². The molecule has 0 amide bonds. The number of hydrogen-bond acceptors (Lipinski definition) is 1. The molecular weight excluding hydrogens is 288 g/mol. The topological polar surface area (TPSA) is 3.24 Å². The van der Waals surface area contributed by atoms with Gasteiger partial charge in [-0.15, -0.1) is 0 Å². The Kier molecular flexibility index (Phi) is 6.66. The number of unbranched alkanes of at least 4 members (excludes halogenated alkanes) is 2. The molecule has 0 saturated carbocycles. The summed E-state index contributed by atoms with van der Waals surface area (Å²) in [6, 6.07) is 3.75. The van der Waals surface area contributed by atoms with Gasteiger partial charge in [0.15, 0.2) is 0 Å². The SMILES string of the molecule is CN(CCCCCBr)Cc1ccc(F)cc1F. The smallest absolute Gasteiger partial charge is 0.130 e. The standard InChI is InChI=1S/C13H18BrF2N/c1-17(8-4-2-3-7-14)10-11-5-6-12(15)9-13(11)16/h5-6,9H,2-4,7-8,10H2,1H3. The number of benzene rings is 1. The maximum atomic E-state index is 13.4. The molecule has 0 spiro atoms.